The highest BCUT2D eigenvalue weighted by Gasteiger charge is 2.03. The first-order valence-corrected chi connectivity index (χ1v) is 6.31. The van der Waals surface area contributed by atoms with Gasteiger partial charge in [0.1, 0.15) is 0 Å². The summed E-state index contributed by atoms with van der Waals surface area (Å²) < 4.78 is 0. The molecule has 1 rings (SSSR count). The van der Waals surface area contributed by atoms with E-state index in [-0.39, 0.29) is 5.91 Å². The minimum Gasteiger partial charge on any atom is -0.352 e. The Bertz CT molecular complexity index is 350. The maximum absolute atomic E-state index is 11.5. The molecule has 94 valence electrons. The van der Waals surface area contributed by atoms with Gasteiger partial charge in [0.15, 0.2) is 0 Å². The molecule has 1 amide bonds. The molecule has 1 aromatic rings. The summed E-state index contributed by atoms with van der Waals surface area (Å²) in [6, 6.07) is 8.22. The lowest BCUT2D eigenvalue weighted by molar-refractivity contribution is -0.121. The molecule has 3 heteroatoms. The van der Waals surface area contributed by atoms with Crippen molar-refractivity contribution < 1.29 is 4.79 Å². The molecule has 1 aromatic carbocycles. The van der Waals surface area contributed by atoms with Crippen molar-refractivity contribution in [1.82, 2.24) is 5.32 Å². The summed E-state index contributed by atoms with van der Waals surface area (Å²) >= 11 is 0. The normalized spacial score (nSPS) is 10.2. The van der Waals surface area contributed by atoms with E-state index in [0.717, 1.165) is 19.3 Å². The highest BCUT2D eigenvalue weighted by Crippen LogP contribution is 2.09. The molecular weight excluding hydrogens is 212 g/mol. The smallest absolute Gasteiger partial charge is 0.220 e. The quantitative estimate of drug-likeness (QED) is 0.709. The number of hydrogen-bond acceptors (Lipinski definition) is 2. The van der Waals surface area contributed by atoms with Crippen LogP contribution in [-0.2, 0) is 17.8 Å². The van der Waals surface area contributed by atoms with Gasteiger partial charge in [-0.25, -0.2) is 0 Å². The molecule has 0 spiro atoms. The average Bonchev–Trinajstić information content (AvgIpc) is 2.37. The Balaban J connectivity index is 2.36. The van der Waals surface area contributed by atoms with Gasteiger partial charge in [0.25, 0.3) is 0 Å². The summed E-state index contributed by atoms with van der Waals surface area (Å²) in [5, 5.41) is 2.95. The van der Waals surface area contributed by atoms with Gasteiger partial charge < -0.3 is 11.1 Å². The molecule has 17 heavy (non-hydrogen) atoms. The predicted molar refractivity (Wildman–Crippen MR) is 70.6 cm³/mol. The minimum atomic E-state index is 0.115. The Labute approximate surface area is 103 Å². The number of benzene rings is 1. The van der Waals surface area contributed by atoms with Gasteiger partial charge in [-0.15, -0.1) is 0 Å². The molecule has 0 aliphatic heterocycles. The average molecular weight is 234 g/mol. The summed E-state index contributed by atoms with van der Waals surface area (Å²) in [6.07, 6.45) is 3.36. The molecule has 3 N–H and O–H groups in total. The first-order valence-electron chi connectivity index (χ1n) is 6.31. The SMILES string of the molecule is CCc1ccccc1CNC(=O)CCCCN. The first-order chi connectivity index (χ1) is 8.27. The van der Waals surface area contributed by atoms with Crippen LogP contribution >= 0.6 is 0 Å². The molecule has 0 aliphatic carbocycles. The van der Waals surface area contributed by atoms with Crippen LogP contribution < -0.4 is 11.1 Å². The highest BCUT2D eigenvalue weighted by atomic mass is 16.1. The fourth-order valence-electron chi connectivity index (χ4n) is 1.79. The van der Waals surface area contributed by atoms with Gasteiger partial charge in [-0.3, -0.25) is 4.79 Å². The number of nitrogens with two attached hydrogens (primary N) is 1. The molecule has 0 saturated carbocycles. The second-order valence-electron chi connectivity index (χ2n) is 4.14. The summed E-state index contributed by atoms with van der Waals surface area (Å²) in [5.41, 5.74) is 7.90. The second-order valence-corrected chi connectivity index (χ2v) is 4.14. The Morgan fingerprint density at radius 3 is 2.59 bits per heavy atom. The third-order valence-electron chi connectivity index (χ3n) is 2.83. The lowest BCUT2D eigenvalue weighted by Crippen LogP contribution is -2.23. The lowest BCUT2D eigenvalue weighted by atomic mass is 10.1. The number of hydrogen-bond donors (Lipinski definition) is 2. The van der Waals surface area contributed by atoms with E-state index in [2.05, 4.69) is 24.4 Å². The van der Waals surface area contributed by atoms with Gasteiger partial charge >= 0.3 is 0 Å². The predicted octanol–water partition coefficient (Wildman–Crippen LogP) is 1.99. The van der Waals surface area contributed by atoms with Crippen LogP contribution in [0.4, 0.5) is 0 Å². The fraction of sp³-hybridized carbons (Fsp3) is 0.500. The summed E-state index contributed by atoms with van der Waals surface area (Å²) in [7, 11) is 0. The van der Waals surface area contributed by atoms with Crippen LogP contribution in [0.25, 0.3) is 0 Å². The summed E-state index contributed by atoms with van der Waals surface area (Å²) in [6.45, 7) is 3.42. The standard InChI is InChI=1S/C14H22N2O/c1-2-12-7-3-4-8-13(12)11-16-14(17)9-5-6-10-15/h3-4,7-8H,2,5-6,9-11,15H2,1H3,(H,16,17). The Morgan fingerprint density at radius 2 is 1.94 bits per heavy atom. The molecule has 0 unspecified atom stereocenters. The van der Waals surface area contributed by atoms with Crippen LogP contribution in [0.2, 0.25) is 0 Å². The lowest BCUT2D eigenvalue weighted by Gasteiger charge is -2.09. The maximum atomic E-state index is 11.5. The maximum Gasteiger partial charge on any atom is 0.220 e. The van der Waals surface area contributed by atoms with Crippen molar-refractivity contribution in [2.45, 2.75) is 39.2 Å². The molecule has 0 saturated heterocycles. The van der Waals surface area contributed by atoms with Crippen molar-refractivity contribution in [1.29, 1.82) is 0 Å². The van der Waals surface area contributed by atoms with Gasteiger partial charge in [0.2, 0.25) is 5.91 Å². The van der Waals surface area contributed by atoms with Crippen molar-refractivity contribution in [2.24, 2.45) is 5.73 Å². The molecule has 0 atom stereocenters. The van der Waals surface area contributed by atoms with Gasteiger partial charge in [-0.2, -0.15) is 0 Å². The van der Waals surface area contributed by atoms with E-state index >= 15 is 0 Å². The van der Waals surface area contributed by atoms with Crippen molar-refractivity contribution in [2.75, 3.05) is 6.54 Å². The van der Waals surface area contributed by atoms with Crippen LogP contribution in [0.3, 0.4) is 0 Å². The van der Waals surface area contributed by atoms with Crippen molar-refractivity contribution in [3.63, 3.8) is 0 Å². The molecule has 0 bridgehead atoms. The van der Waals surface area contributed by atoms with Gasteiger partial charge in [-0.1, -0.05) is 31.2 Å². The van der Waals surface area contributed by atoms with Crippen LogP contribution in [-0.4, -0.2) is 12.5 Å². The van der Waals surface area contributed by atoms with Crippen molar-refractivity contribution in [3.05, 3.63) is 35.4 Å². The fourth-order valence-corrected chi connectivity index (χ4v) is 1.79. The number of nitrogens with one attached hydrogen (secondary N) is 1. The van der Waals surface area contributed by atoms with E-state index in [1.807, 2.05) is 12.1 Å². The van der Waals surface area contributed by atoms with Gasteiger partial charge in [-0.05, 0) is 36.9 Å². The zero-order chi connectivity index (χ0) is 12.5. The number of unbranched alkanes of at least 4 members (excludes halogenated alkanes) is 1. The molecule has 0 heterocycles. The molecule has 0 fully saturated rings. The zero-order valence-electron chi connectivity index (χ0n) is 10.5. The van der Waals surface area contributed by atoms with E-state index < -0.39 is 0 Å². The van der Waals surface area contributed by atoms with Crippen LogP contribution in [0.15, 0.2) is 24.3 Å². The second kappa shape index (κ2) is 7.85. The van der Waals surface area contributed by atoms with Gasteiger partial charge in [0, 0.05) is 13.0 Å². The number of amides is 1. The Morgan fingerprint density at radius 1 is 1.24 bits per heavy atom. The summed E-state index contributed by atoms with van der Waals surface area (Å²) in [5.74, 6) is 0.115. The number of carbonyl (C=O) groups excluding carboxylic acids is 1. The third-order valence-corrected chi connectivity index (χ3v) is 2.83. The third kappa shape index (κ3) is 5.00. The molecule has 0 aromatic heterocycles. The van der Waals surface area contributed by atoms with Crippen molar-refractivity contribution in [3.8, 4) is 0 Å². The molecule has 0 radical (unpaired) electrons. The van der Waals surface area contributed by atoms with E-state index in [9.17, 15) is 4.79 Å². The largest absolute Gasteiger partial charge is 0.352 e. The summed E-state index contributed by atoms with van der Waals surface area (Å²) in [4.78, 5) is 11.5. The highest BCUT2D eigenvalue weighted by molar-refractivity contribution is 5.75. The number of carbonyl (C=O) groups is 1. The molecule has 3 nitrogen and oxygen atoms in total. The minimum absolute atomic E-state index is 0.115. The zero-order valence-corrected chi connectivity index (χ0v) is 10.5. The van der Waals surface area contributed by atoms with Crippen molar-refractivity contribution >= 4 is 5.91 Å². The first kappa shape index (κ1) is 13.7. The van der Waals surface area contributed by atoms with Gasteiger partial charge in [0.05, 0.1) is 0 Å². The topological polar surface area (TPSA) is 55.1 Å². The van der Waals surface area contributed by atoms with E-state index in [4.69, 9.17) is 5.73 Å². The molecular formula is C14H22N2O. The monoisotopic (exact) mass is 234 g/mol. The van der Waals surface area contributed by atoms with E-state index in [1.54, 1.807) is 0 Å². The molecule has 0 aliphatic rings. The van der Waals surface area contributed by atoms with E-state index in [1.165, 1.54) is 11.1 Å². The number of aryl methyl sites for hydroxylation is 1. The van der Waals surface area contributed by atoms with E-state index in [0.29, 0.717) is 19.5 Å². The van der Waals surface area contributed by atoms with Crippen LogP contribution in [0.5, 0.6) is 0 Å². The van der Waals surface area contributed by atoms with Crippen LogP contribution in [0.1, 0.15) is 37.3 Å². The Kier molecular flexibility index (Phi) is 6.33. The number of rotatable bonds is 7. The van der Waals surface area contributed by atoms with Crippen LogP contribution in [0, 0.1) is 0 Å². The Hall–Kier alpha value is -1.35.